The lowest BCUT2D eigenvalue weighted by Gasteiger charge is -2.14. The molecule has 2 rings (SSSR count). The molecule has 0 saturated heterocycles. The number of ether oxygens (including phenoxy) is 1. The van der Waals surface area contributed by atoms with Crippen LogP contribution in [0.4, 0.5) is 11.8 Å². The van der Waals surface area contributed by atoms with Crippen LogP contribution in [0.5, 0.6) is 5.75 Å². The van der Waals surface area contributed by atoms with Crippen LogP contribution in [0.1, 0.15) is 37.9 Å². The van der Waals surface area contributed by atoms with E-state index >= 15 is 0 Å². The minimum atomic E-state index is 0.302. The Balaban J connectivity index is 2.00. The number of nitrogens with two attached hydrogens (primary N) is 1. The molecule has 0 saturated carbocycles. The molecule has 1 heterocycles. The molecule has 6 heteroatoms. The molecule has 6 nitrogen and oxygen atoms in total. The molecular formula is C19H29N5O. The highest BCUT2D eigenvalue weighted by Gasteiger charge is 2.07. The lowest BCUT2D eigenvalue weighted by Crippen LogP contribution is -2.16. The van der Waals surface area contributed by atoms with Crippen LogP contribution in [0, 0.1) is 0 Å². The zero-order valence-electron chi connectivity index (χ0n) is 15.4. The first-order valence-electron chi connectivity index (χ1n) is 8.87. The molecule has 1 unspecified atom stereocenters. The predicted octanol–water partition coefficient (Wildman–Crippen LogP) is 2.85. The second-order valence-corrected chi connectivity index (χ2v) is 6.21. The summed E-state index contributed by atoms with van der Waals surface area (Å²) in [6.45, 7) is 5.80. The zero-order chi connectivity index (χ0) is 18.1. The van der Waals surface area contributed by atoms with Crippen LogP contribution < -0.4 is 21.1 Å². The Labute approximate surface area is 150 Å². The second-order valence-electron chi connectivity index (χ2n) is 6.21. The summed E-state index contributed by atoms with van der Waals surface area (Å²) in [5.41, 5.74) is 7.93. The summed E-state index contributed by atoms with van der Waals surface area (Å²) in [6.07, 6.45) is 2.93. The van der Waals surface area contributed by atoms with E-state index < -0.39 is 0 Å². The van der Waals surface area contributed by atoms with Gasteiger partial charge in [-0.1, -0.05) is 25.5 Å². The van der Waals surface area contributed by atoms with Crippen molar-refractivity contribution in [2.75, 3.05) is 31.2 Å². The van der Waals surface area contributed by atoms with E-state index in [1.165, 1.54) is 0 Å². The maximum absolute atomic E-state index is 5.87. The maximum Gasteiger partial charge on any atom is 0.222 e. The Kier molecular flexibility index (Phi) is 7.47. The first-order chi connectivity index (χ1) is 12.1. The fraction of sp³-hybridized carbons (Fsp3) is 0.474. The van der Waals surface area contributed by atoms with Crippen LogP contribution >= 0.6 is 0 Å². The number of rotatable bonds is 10. The molecule has 2 aromatic rings. The van der Waals surface area contributed by atoms with E-state index in [0.29, 0.717) is 25.0 Å². The van der Waals surface area contributed by atoms with Gasteiger partial charge in [-0.15, -0.1) is 0 Å². The Hall–Kier alpha value is -2.34. The molecule has 25 heavy (non-hydrogen) atoms. The van der Waals surface area contributed by atoms with E-state index in [-0.39, 0.29) is 0 Å². The molecule has 0 radical (unpaired) electrons. The van der Waals surface area contributed by atoms with Crippen LogP contribution in [-0.4, -0.2) is 36.2 Å². The van der Waals surface area contributed by atoms with Gasteiger partial charge in [-0.05, 0) is 38.1 Å². The van der Waals surface area contributed by atoms with Gasteiger partial charge in [0, 0.05) is 25.1 Å². The molecule has 4 N–H and O–H groups in total. The van der Waals surface area contributed by atoms with Crippen LogP contribution in [0.2, 0.25) is 0 Å². The maximum atomic E-state index is 5.87. The minimum Gasteiger partial charge on any atom is -0.492 e. The van der Waals surface area contributed by atoms with Crippen molar-refractivity contribution >= 4 is 11.8 Å². The van der Waals surface area contributed by atoms with Crippen molar-refractivity contribution in [1.29, 1.82) is 0 Å². The van der Waals surface area contributed by atoms with Crippen molar-refractivity contribution in [3.8, 4) is 5.75 Å². The molecule has 1 atom stereocenters. The first kappa shape index (κ1) is 19.0. The fourth-order valence-electron chi connectivity index (χ4n) is 2.62. The van der Waals surface area contributed by atoms with E-state index in [2.05, 4.69) is 46.6 Å². The molecule has 0 fully saturated rings. The van der Waals surface area contributed by atoms with Gasteiger partial charge >= 0.3 is 0 Å². The summed E-state index contributed by atoms with van der Waals surface area (Å²) in [6, 6.07) is 10.4. The number of benzene rings is 1. The number of hydrogen-bond donors (Lipinski definition) is 3. The molecule has 1 aromatic carbocycles. The number of likely N-dealkylation sites (N-methyl/N-ethyl adjacent to an activating group) is 1. The summed E-state index contributed by atoms with van der Waals surface area (Å²) >= 11 is 0. The highest BCUT2D eigenvalue weighted by atomic mass is 16.5. The Bertz CT molecular complexity index is 645. The number of hydrogen-bond acceptors (Lipinski definition) is 6. The summed E-state index contributed by atoms with van der Waals surface area (Å²) in [5, 5.41) is 6.45. The monoisotopic (exact) mass is 343 g/mol. The number of anilines is 2. The highest BCUT2D eigenvalue weighted by Crippen LogP contribution is 2.17. The lowest BCUT2D eigenvalue weighted by atomic mass is 10.1. The minimum absolute atomic E-state index is 0.302. The molecule has 0 aliphatic carbocycles. The Morgan fingerprint density at radius 1 is 1.20 bits per heavy atom. The number of nitrogens with zero attached hydrogens (tertiary/aromatic N) is 2. The third kappa shape index (κ3) is 6.58. The number of aromatic nitrogens is 2. The van der Waals surface area contributed by atoms with Gasteiger partial charge in [0.25, 0.3) is 0 Å². The quantitative estimate of drug-likeness (QED) is 0.575. The third-order valence-electron chi connectivity index (χ3n) is 3.84. The van der Waals surface area contributed by atoms with E-state index in [1.54, 1.807) is 0 Å². The molecule has 136 valence electrons. The first-order valence-corrected chi connectivity index (χ1v) is 8.87. The van der Waals surface area contributed by atoms with Gasteiger partial charge < -0.3 is 21.1 Å². The summed E-state index contributed by atoms with van der Waals surface area (Å²) in [5.74, 6) is 1.96. The van der Waals surface area contributed by atoms with E-state index in [9.17, 15) is 0 Å². The van der Waals surface area contributed by atoms with Gasteiger partial charge in [-0.25, -0.2) is 4.98 Å². The van der Waals surface area contributed by atoms with Crippen molar-refractivity contribution < 1.29 is 4.74 Å². The summed E-state index contributed by atoms with van der Waals surface area (Å²) in [4.78, 5) is 8.64. The summed E-state index contributed by atoms with van der Waals surface area (Å²) < 4.78 is 5.64. The van der Waals surface area contributed by atoms with Gasteiger partial charge in [-0.2, -0.15) is 4.98 Å². The Morgan fingerprint density at radius 3 is 2.64 bits per heavy atom. The van der Waals surface area contributed by atoms with E-state index in [4.69, 9.17) is 10.5 Å². The molecule has 0 spiro atoms. The lowest BCUT2D eigenvalue weighted by molar-refractivity contribution is 0.318. The normalized spacial score (nSPS) is 12.0. The molecule has 0 amide bonds. The molecular weight excluding hydrogens is 314 g/mol. The van der Waals surface area contributed by atoms with Gasteiger partial charge in [0.05, 0.1) is 5.69 Å². The third-order valence-corrected chi connectivity index (χ3v) is 3.84. The topological polar surface area (TPSA) is 85.1 Å². The van der Waals surface area contributed by atoms with E-state index in [1.807, 2.05) is 25.2 Å². The van der Waals surface area contributed by atoms with Gasteiger partial charge in [-0.3, -0.25) is 0 Å². The SMILES string of the molecule is CCCC(C)Nc1cc(Cc2ccc(OCCNC)cc2)nc(N)n1. The second kappa shape index (κ2) is 9.84. The smallest absolute Gasteiger partial charge is 0.222 e. The van der Waals surface area contributed by atoms with Crippen molar-refractivity contribution in [3.05, 3.63) is 41.6 Å². The molecule has 0 bridgehead atoms. The molecule has 0 aliphatic rings. The fourth-order valence-corrected chi connectivity index (χ4v) is 2.62. The van der Waals surface area contributed by atoms with Gasteiger partial charge in [0.2, 0.25) is 5.95 Å². The number of nitrogen functional groups attached to an aromatic ring is 1. The zero-order valence-corrected chi connectivity index (χ0v) is 15.4. The molecule has 1 aromatic heterocycles. The van der Waals surface area contributed by atoms with Crippen molar-refractivity contribution in [1.82, 2.24) is 15.3 Å². The average Bonchev–Trinajstić information content (AvgIpc) is 2.56. The predicted molar refractivity (Wildman–Crippen MR) is 103 cm³/mol. The highest BCUT2D eigenvalue weighted by molar-refractivity contribution is 5.42. The number of nitrogens with one attached hydrogen (secondary N) is 2. The van der Waals surface area contributed by atoms with Gasteiger partial charge in [0.15, 0.2) is 0 Å². The molecule has 0 aliphatic heterocycles. The van der Waals surface area contributed by atoms with Gasteiger partial charge in [0.1, 0.15) is 18.2 Å². The van der Waals surface area contributed by atoms with Crippen molar-refractivity contribution in [3.63, 3.8) is 0 Å². The van der Waals surface area contributed by atoms with Crippen molar-refractivity contribution in [2.24, 2.45) is 0 Å². The van der Waals surface area contributed by atoms with Crippen LogP contribution in [0.3, 0.4) is 0 Å². The van der Waals surface area contributed by atoms with Crippen molar-refractivity contribution in [2.45, 2.75) is 39.2 Å². The van der Waals surface area contributed by atoms with Crippen LogP contribution in [0.25, 0.3) is 0 Å². The average molecular weight is 343 g/mol. The van der Waals surface area contributed by atoms with E-state index in [0.717, 1.165) is 42.2 Å². The van der Waals surface area contributed by atoms with Crippen LogP contribution in [-0.2, 0) is 6.42 Å². The standard InChI is InChI=1S/C19H29N5O/c1-4-5-14(2)22-18-13-16(23-19(20)24-18)12-15-6-8-17(9-7-15)25-11-10-21-3/h6-9,13-14,21H,4-5,10-12H2,1-3H3,(H3,20,22,23,24). The Morgan fingerprint density at radius 2 is 1.96 bits per heavy atom. The summed E-state index contributed by atoms with van der Waals surface area (Å²) in [7, 11) is 1.91. The van der Waals surface area contributed by atoms with Crippen LogP contribution in [0.15, 0.2) is 30.3 Å². The largest absolute Gasteiger partial charge is 0.492 e.